The van der Waals surface area contributed by atoms with Crippen LogP contribution in [0, 0.1) is 5.92 Å². The van der Waals surface area contributed by atoms with Crippen LogP contribution < -0.4 is 0 Å². The zero-order chi connectivity index (χ0) is 14.0. The lowest BCUT2D eigenvalue weighted by Crippen LogP contribution is -2.20. The Morgan fingerprint density at radius 3 is 2.40 bits per heavy atom. The van der Waals surface area contributed by atoms with Gasteiger partial charge >= 0.3 is 0 Å². The first-order valence-corrected chi connectivity index (χ1v) is 8.08. The van der Waals surface area contributed by atoms with Gasteiger partial charge in [0.15, 0.2) is 0 Å². The third kappa shape index (κ3) is 6.06. The summed E-state index contributed by atoms with van der Waals surface area (Å²) < 4.78 is 11.6. The number of unbranched alkanes of at least 4 members (excludes halogenated alkanes) is 1. The zero-order valence-corrected chi connectivity index (χ0v) is 12.7. The lowest BCUT2D eigenvalue weighted by Gasteiger charge is -2.26. The smallest absolute Gasteiger partial charge is 0.0716 e. The van der Waals surface area contributed by atoms with E-state index in [4.69, 9.17) is 9.47 Å². The highest BCUT2D eigenvalue weighted by molar-refractivity contribution is 5.13. The quantitative estimate of drug-likeness (QED) is 0.647. The summed E-state index contributed by atoms with van der Waals surface area (Å²) in [5.41, 5.74) is 1.25. The van der Waals surface area contributed by atoms with Crippen LogP contribution in [-0.2, 0) is 16.1 Å². The second-order valence-corrected chi connectivity index (χ2v) is 6.00. The van der Waals surface area contributed by atoms with E-state index >= 15 is 0 Å². The van der Waals surface area contributed by atoms with Crippen LogP contribution in [0.15, 0.2) is 30.3 Å². The van der Waals surface area contributed by atoms with Gasteiger partial charge in [0.05, 0.1) is 12.7 Å². The van der Waals surface area contributed by atoms with Crippen molar-refractivity contribution in [3.63, 3.8) is 0 Å². The van der Waals surface area contributed by atoms with Gasteiger partial charge in [0.25, 0.3) is 0 Å². The Labute approximate surface area is 123 Å². The molecule has 0 atom stereocenters. The summed E-state index contributed by atoms with van der Waals surface area (Å²) in [5.74, 6) is 0.904. The number of hydrogen-bond donors (Lipinski definition) is 0. The maximum absolute atomic E-state index is 5.94. The van der Waals surface area contributed by atoms with Crippen LogP contribution in [0.5, 0.6) is 0 Å². The van der Waals surface area contributed by atoms with Gasteiger partial charge in [-0.05, 0) is 50.0 Å². The minimum absolute atomic E-state index is 0.524. The summed E-state index contributed by atoms with van der Waals surface area (Å²) in [7, 11) is 0. The van der Waals surface area contributed by atoms with Crippen molar-refractivity contribution in [2.45, 2.75) is 58.2 Å². The van der Waals surface area contributed by atoms with E-state index in [1.165, 1.54) is 31.2 Å². The van der Waals surface area contributed by atoms with Crippen LogP contribution in [0.4, 0.5) is 0 Å². The van der Waals surface area contributed by atoms with Crippen LogP contribution in [0.3, 0.4) is 0 Å². The topological polar surface area (TPSA) is 18.5 Å². The zero-order valence-electron chi connectivity index (χ0n) is 12.7. The summed E-state index contributed by atoms with van der Waals surface area (Å²) in [6.45, 7) is 4.80. The first kappa shape index (κ1) is 15.5. The molecule has 0 saturated heterocycles. The summed E-state index contributed by atoms with van der Waals surface area (Å²) in [5, 5.41) is 0. The lowest BCUT2D eigenvalue weighted by molar-refractivity contribution is 0.0142. The molecule has 1 saturated carbocycles. The van der Waals surface area contributed by atoms with Crippen molar-refractivity contribution in [3.05, 3.63) is 35.9 Å². The molecule has 1 aromatic rings. The van der Waals surface area contributed by atoms with E-state index in [1.54, 1.807) is 0 Å². The first-order valence-electron chi connectivity index (χ1n) is 8.08. The Balaban J connectivity index is 1.42. The standard InChI is InChI=1S/C18H28O2/c1-16-9-11-18(12-10-16)20-14-6-5-13-19-15-17-7-3-2-4-8-17/h2-4,7-8,16,18H,5-6,9-15H2,1H3. The van der Waals surface area contributed by atoms with Gasteiger partial charge in [-0.15, -0.1) is 0 Å². The summed E-state index contributed by atoms with van der Waals surface area (Å²) >= 11 is 0. The van der Waals surface area contributed by atoms with Crippen molar-refractivity contribution in [3.8, 4) is 0 Å². The van der Waals surface area contributed by atoms with Gasteiger partial charge in [0.1, 0.15) is 0 Å². The van der Waals surface area contributed by atoms with Gasteiger partial charge in [-0.25, -0.2) is 0 Å². The molecule has 2 heteroatoms. The normalized spacial score (nSPS) is 22.9. The Kier molecular flexibility index (Phi) is 7.10. The maximum Gasteiger partial charge on any atom is 0.0716 e. The fourth-order valence-electron chi connectivity index (χ4n) is 2.72. The van der Waals surface area contributed by atoms with Crippen molar-refractivity contribution in [1.29, 1.82) is 0 Å². The summed E-state index contributed by atoms with van der Waals surface area (Å²) in [6.07, 6.45) is 7.92. The van der Waals surface area contributed by atoms with Crippen LogP contribution >= 0.6 is 0 Å². The van der Waals surface area contributed by atoms with Gasteiger partial charge in [-0.1, -0.05) is 37.3 Å². The van der Waals surface area contributed by atoms with Crippen molar-refractivity contribution >= 4 is 0 Å². The van der Waals surface area contributed by atoms with E-state index in [2.05, 4.69) is 31.2 Å². The number of benzene rings is 1. The van der Waals surface area contributed by atoms with Crippen LogP contribution in [0.1, 0.15) is 51.0 Å². The maximum atomic E-state index is 5.94. The molecule has 1 aromatic carbocycles. The number of rotatable bonds is 8. The van der Waals surface area contributed by atoms with E-state index in [1.807, 2.05) is 6.07 Å². The third-order valence-corrected chi connectivity index (χ3v) is 4.11. The molecule has 1 fully saturated rings. The molecule has 2 rings (SSSR count). The Morgan fingerprint density at radius 1 is 0.950 bits per heavy atom. The molecule has 112 valence electrons. The molecule has 1 aliphatic carbocycles. The highest BCUT2D eigenvalue weighted by atomic mass is 16.5. The molecule has 0 heterocycles. The lowest BCUT2D eigenvalue weighted by atomic mass is 9.89. The predicted octanol–water partition coefficient (Wildman–Crippen LogP) is 4.58. The van der Waals surface area contributed by atoms with Crippen molar-refractivity contribution in [2.75, 3.05) is 13.2 Å². The summed E-state index contributed by atoms with van der Waals surface area (Å²) in [6, 6.07) is 10.3. The molecular formula is C18H28O2. The molecule has 0 amide bonds. The van der Waals surface area contributed by atoms with E-state index in [0.29, 0.717) is 6.10 Å². The van der Waals surface area contributed by atoms with E-state index in [9.17, 15) is 0 Å². The molecule has 0 radical (unpaired) electrons. The molecule has 0 spiro atoms. The summed E-state index contributed by atoms with van der Waals surface area (Å²) in [4.78, 5) is 0. The molecule has 0 N–H and O–H groups in total. The molecular weight excluding hydrogens is 248 g/mol. The molecule has 0 aliphatic heterocycles. The van der Waals surface area contributed by atoms with E-state index in [0.717, 1.165) is 38.6 Å². The Hall–Kier alpha value is -0.860. The minimum atomic E-state index is 0.524. The molecule has 0 aromatic heterocycles. The SMILES string of the molecule is CC1CCC(OCCCCOCc2ccccc2)CC1. The molecule has 0 unspecified atom stereocenters. The fraction of sp³-hybridized carbons (Fsp3) is 0.667. The average Bonchev–Trinajstić information content (AvgIpc) is 2.49. The molecule has 20 heavy (non-hydrogen) atoms. The van der Waals surface area contributed by atoms with Gasteiger partial charge in [-0.3, -0.25) is 0 Å². The van der Waals surface area contributed by atoms with Gasteiger partial charge in [-0.2, -0.15) is 0 Å². The molecule has 0 bridgehead atoms. The van der Waals surface area contributed by atoms with Crippen molar-refractivity contribution in [2.24, 2.45) is 5.92 Å². The fourth-order valence-corrected chi connectivity index (χ4v) is 2.72. The van der Waals surface area contributed by atoms with Crippen LogP contribution in [0.25, 0.3) is 0 Å². The van der Waals surface area contributed by atoms with Crippen LogP contribution in [-0.4, -0.2) is 19.3 Å². The minimum Gasteiger partial charge on any atom is -0.378 e. The molecule has 2 nitrogen and oxygen atoms in total. The monoisotopic (exact) mass is 276 g/mol. The van der Waals surface area contributed by atoms with Gasteiger partial charge < -0.3 is 9.47 Å². The Morgan fingerprint density at radius 2 is 1.65 bits per heavy atom. The molecule has 1 aliphatic rings. The number of ether oxygens (including phenoxy) is 2. The third-order valence-electron chi connectivity index (χ3n) is 4.11. The van der Waals surface area contributed by atoms with Crippen molar-refractivity contribution < 1.29 is 9.47 Å². The average molecular weight is 276 g/mol. The van der Waals surface area contributed by atoms with E-state index in [-0.39, 0.29) is 0 Å². The van der Waals surface area contributed by atoms with Gasteiger partial charge in [0.2, 0.25) is 0 Å². The first-order chi connectivity index (χ1) is 9.84. The largest absolute Gasteiger partial charge is 0.378 e. The van der Waals surface area contributed by atoms with Gasteiger partial charge in [0, 0.05) is 13.2 Å². The van der Waals surface area contributed by atoms with E-state index < -0.39 is 0 Å². The predicted molar refractivity (Wildman–Crippen MR) is 82.7 cm³/mol. The number of hydrogen-bond acceptors (Lipinski definition) is 2. The second-order valence-electron chi connectivity index (χ2n) is 6.00. The highest BCUT2D eigenvalue weighted by Gasteiger charge is 2.17. The van der Waals surface area contributed by atoms with Crippen LogP contribution in [0.2, 0.25) is 0 Å². The Bertz CT molecular complexity index is 342. The second kappa shape index (κ2) is 9.15. The highest BCUT2D eigenvalue weighted by Crippen LogP contribution is 2.25. The van der Waals surface area contributed by atoms with Crippen molar-refractivity contribution in [1.82, 2.24) is 0 Å².